The van der Waals surface area contributed by atoms with E-state index >= 15 is 0 Å². The first-order valence-corrected chi connectivity index (χ1v) is 6.96. The topological polar surface area (TPSA) is 35.8 Å². The van der Waals surface area contributed by atoms with E-state index in [0.717, 1.165) is 15.8 Å². The Kier molecular flexibility index (Phi) is 4.24. The van der Waals surface area contributed by atoms with Crippen LogP contribution in [0.3, 0.4) is 0 Å². The normalized spacial score (nSPS) is 10.3. The SMILES string of the molecule is CC(C)c1cccc(Nc2cc(Br)ccc2C#N)c1. The fourth-order valence-electron chi connectivity index (χ4n) is 1.85. The molecule has 96 valence electrons. The molecule has 0 radical (unpaired) electrons. The number of benzene rings is 2. The number of nitrogens with one attached hydrogen (secondary N) is 1. The van der Waals surface area contributed by atoms with Gasteiger partial charge in [0.25, 0.3) is 0 Å². The average Bonchev–Trinajstić information content (AvgIpc) is 2.39. The Morgan fingerprint density at radius 1 is 1.16 bits per heavy atom. The molecule has 0 aliphatic heterocycles. The summed E-state index contributed by atoms with van der Waals surface area (Å²) >= 11 is 3.43. The zero-order valence-electron chi connectivity index (χ0n) is 10.9. The van der Waals surface area contributed by atoms with Crippen molar-refractivity contribution in [1.29, 1.82) is 5.26 Å². The number of hydrogen-bond acceptors (Lipinski definition) is 2. The van der Waals surface area contributed by atoms with E-state index in [4.69, 9.17) is 5.26 Å². The molecule has 3 heteroatoms. The molecule has 0 aromatic heterocycles. The minimum Gasteiger partial charge on any atom is -0.354 e. The average molecular weight is 315 g/mol. The molecule has 0 heterocycles. The molecule has 0 amide bonds. The first kappa shape index (κ1) is 13.6. The van der Waals surface area contributed by atoms with Crippen molar-refractivity contribution in [2.24, 2.45) is 0 Å². The molecule has 2 aromatic rings. The summed E-state index contributed by atoms with van der Waals surface area (Å²) in [6.45, 7) is 4.33. The quantitative estimate of drug-likeness (QED) is 0.846. The number of anilines is 2. The van der Waals surface area contributed by atoms with Crippen molar-refractivity contribution in [2.45, 2.75) is 19.8 Å². The van der Waals surface area contributed by atoms with Crippen molar-refractivity contribution < 1.29 is 0 Å². The number of nitrogens with zero attached hydrogens (tertiary/aromatic N) is 1. The second-order valence-electron chi connectivity index (χ2n) is 4.71. The Morgan fingerprint density at radius 2 is 1.95 bits per heavy atom. The fourth-order valence-corrected chi connectivity index (χ4v) is 2.21. The van der Waals surface area contributed by atoms with Crippen LogP contribution in [0.4, 0.5) is 11.4 Å². The molecule has 0 saturated heterocycles. The first-order valence-electron chi connectivity index (χ1n) is 6.17. The van der Waals surface area contributed by atoms with Crippen LogP contribution in [0.1, 0.15) is 30.9 Å². The summed E-state index contributed by atoms with van der Waals surface area (Å²) in [6, 6.07) is 16.1. The molecule has 19 heavy (non-hydrogen) atoms. The first-order chi connectivity index (χ1) is 9.10. The van der Waals surface area contributed by atoms with Gasteiger partial charge in [-0.1, -0.05) is 41.9 Å². The third kappa shape index (κ3) is 3.36. The lowest BCUT2D eigenvalue weighted by Crippen LogP contribution is -1.95. The van der Waals surface area contributed by atoms with Crippen molar-refractivity contribution in [1.82, 2.24) is 0 Å². The van der Waals surface area contributed by atoms with Gasteiger partial charge < -0.3 is 5.32 Å². The predicted octanol–water partition coefficient (Wildman–Crippen LogP) is 5.19. The highest BCUT2D eigenvalue weighted by atomic mass is 79.9. The lowest BCUT2D eigenvalue weighted by molar-refractivity contribution is 0.867. The number of rotatable bonds is 3. The van der Waals surface area contributed by atoms with E-state index in [-0.39, 0.29) is 0 Å². The van der Waals surface area contributed by atoms with Crippen LogP contribution in [0.25, 0.3) is 0 Å². The zero-order chi connectivity index (χ0) is 13.8. The lowest BCUT2D eigenvalue weighted by atomic mass is 10.0. The van der Waals surface area contributed by atoms with Gasteiger partial charge in [0.05, 0.1) is 11.3 Å². The van der Waals surface area contributed by atoms with Crippen LogP contribution in [0.15, 0.2) is 46.9 Å². The maximum Gasteiger partial charge on any atom is 0.101 e. The minimum absolute atomic E-state index is 0.486. The minimum atomic E-state index is 0.486. The van der Waals surface area contributed by atoms with Crippen molar-refractivity contribution in [3.8, 4) is 6.07 Å². The zero-order valence-corrected chi connectivity index (χ0v) is 12.5. The molecule has 2 aromatic carbocycles. The van der Waals surface area contributed by atoms with Crippen LogP contribution < -0.4 is 5.32 Å². The standard InChI is InChI=1S/C16H15BrN2/c1-11(2)12-4-3-5-15(8-12)19-16-9-14(17)7-6-13(16)10-18/h3-9,11,19H,1-2H3. The Balaban J connectivity index is 2.33. The highest BCUT2D eigenvalue weighted by Crippen LogP contribution is 2.26. The number of halogens is 1. The molecule has 0 aliphatic carbocycles. The molecular weight excluding hydrogens is 300 g/mol. The van der Waals surface area contributed by atoms with E-state index in [1.807, 2.05) is 24.3 Å². The molecule has 0 fully saturated rings. The molecule has 0 spiro atoms. The van der Waals surface area contributed by atoms with Gasteiger partial charge in [-0.05, 0) is 41.8 Å². The molecule has 2 rings (SSSR count). The molecule has 0 bridgehead atoms. The van der Waals surface area contributed by atoms with Gasteiger partial charge in [0.2, 0.25) is 0 Å². The van der Waals surface area contributed by atoms with Gasteiger partial charge in [0.15, 0.2) is 0 Å². The Bertz CT molecular complexity index is 627. The van der Waals surface area contributed by atoms with E-state index in [1.165, 1.54) is 5.56 Å². The molecular formula is C16H15BrN2. The third-order valence-corrected chi connectivity index (χ3v) is 3.43. The van der Waals surface area contributed by atoms with Crippen LogP contribution in [0, 0.1) is 11.3 Å². The van der Waals surface area contributed by atoms with Crippen LogP contribution in [0.2, 0.25) is 0 Å². The van der Waals surface area contributed by atoms with Crippen molar-refractivity contribution in [3.63, 3.8) is 0 Å². The van der Waals surface area contributed by atoms with Crippen molar-refractivity contribution in [2.75, 3.05) is 5.32 Å². The maximum atomic E-state index is 9.12. The predicted molar refractivity (Wildman–Crippen MR) is 82.7 cm³/mol. The summed E-state index contributed by atoms with van der Waals surface area (Å²) in [6.07, 6.45) is 0. The highest BCUT2D eigenvalue weighted by molar-refractivity contribution is 9.10. The van der Waals surface area contributed by atoms with E-state index in [9.17, 15) is 0 Å². The van der Waals surface area contributed by atoms with Gasteiger partial charge in [-0.3, -0.25) is 0 Å². The largest absolute Gasteiger partial charge is 0.354 e. The molecule has 0 atom stereocenters. The van der Waals surface area contributed by atoms with E-state index in [1.54, 1.807) is 6.07 Å². The monoisotopic (exact) mass is 314 g/mol. The second kappa shape index (κ2) is 5.90. The van der Waals surface area contributed by atoms with Gasteiger partial charge in [-0.25, -0.2) is 0 Å². The second-order valence-corrected chi connectivity index (χ2v) is 5.62. The van der Waals surface area contributed by atoms with Gasteiger partial charge in [0, 0.05) is 10.2 Å². The van der Waals surface area contributed by atoms with Crippen molar-refractivity contribution >= 4 is 27.3 Å². The summed E-state index contributed by atoms with van der Waals surface area (Å²) in [5, 5.41) is 12.4. The Labute approximate surface area is 122 Å². The van der Waals surface area contributed by atoms with Crippen LogP contribution >= 0.6 is 15.9 Å². The number of hydrogen-bond donors (Lipinski definition) is 1. The highest BCUT2D eigenvalue weighted by Gasteiger charge is 2.05. The van der Waals surface area contributed by atoms with Crippen LogP contribution in [-0.4, -0.2) is 0 Å². The lowest BCUT2D eigenvalue weighted by Gasteiger charge is -2.11. The summed E-state index contributed by atoms with van der Waals surface area (Å²) in [4.78, 5) is 0. The molecule has 2 nitrogen and oxygen atoms in total. The summed E-state index contributed by atoms with van der Waals surface area (Å²) in [7, 11) is 0. The third-order valence-electron chi connectivity index (χ3n) is 2.93. The molecule has 1 N–H and O–H groups in total. The molecule has 0 aliphatic rings. The van der Waals surface area contributed by atoms with Gasteiger partial charge in [0.1, 0.15) is 6.07 Å². The van der Waals surface area contributed by atoms with E-state index in [0.29, 0.717) is 11.5 Å². The van der Waals surface area contributed by atoms with Gasteiger partial charge >= 0.3 is 0 Å². The van der Waals surface area contributed by atoms with E-state index in [2.05, 4.69) is 53.3 Å². The van der Waals surface area contributed by atoms with Crippen LogP contribution in [-0.2, 0) is 0 Å². The van der Waals surface area contributed by atoms with Crippen LogP contribution in [0.5, 0.6) is 0 Å². The summed E-state index contributed by atoms with van der Waals surface area (Å²) < 4.78 is 0.953. The smallest absolute Gasteiger partial charge is 0.101 e. The van der Waals surface area contributed by atoms with E-state index < -0.39 is 0 Å². The summed E-state index contributed by atoms with van der Waals surface area (Å²) in [5.41, 5.74) is 3.73. The Hall–Kier alpha value is -1.79. The van der Waals surface area contributed by atoms with Gasteiger partial charge in [-0.15, -0.1) is 0 Å². The van der Waals surface area contributed by atoms with Crippen molar-refractivity contribution in [3.05, 3.63) is 58.1 Å². The molecule has 0 unspecified atom stereocenters. The Morgan fingerprint density at radius 3 is 2.63 bits per heavy atom. The fraction of sp³-hybridized carbons (Fsp3) is 0.188. The summed E-state index contributed by atoms with van der Waals surface area (Å²) in [5.74, 6) is 0.486. The maximum absolute atomic E-state index is 9.12. The number of nitriles is 1. The van der Waals surface area contributed by atoms with Gasteiger partial charge in [-0.2, -0.15) is 5.26 Å². The molecule has 0 saturated carbocycles.